The van der Waals surface area contributed by atoms with Gasteiger partial charge in [-0.3, -0.25) is 14.3 Å². The monoisotopic (exact) mass is 381 g/mol. The Kier molecular flexibility index (Phi) is 6.28. The summed E-state index contributed by atoms with van der Waals surface area (Å²) in [5, 5.41) is 0. The molecule has 0 saturated heterocycles. The van der Waals surface area contributed by atoms with Crippen molar-refractivity contribution in [3.8, 4) is 0 Å². The summed E-state index contributed by atoms with van der Waals surface area (Å²) >= 11 is 0. The minimum Gasteiger partial charge on any atom is -0.366 e. The summed E-state index contributed by atoms with van der Waals surface area (Å²) in [7, 11) is -3.54. The first-order valence-electron chi connectivity index (χ1n) is 8.93. The largest absolute Gasteiger partial charge is 0.366 e. The van der Waals surface area contributed by atoms with Gasteiger partial charge in [0.25, 0.3) is 5.91 Å². The average molecular weight is 381 g/mol. The van der Waals surface area contributed by atoms with Gasteiger partial charge in [-0.25, -0.2) is 8.42 Å². The van der Waals surface area contributed by atoms with Crippen molar-refractivity contribution in [2.24, 2.45) is 5.73 Å². The van der Waals surface area contributed by atoms with Gasteiger partial charge in [-0.15, -0.1) is 0 Å². The minimum absolute atomic E-state index is 0.147. The number of carbonyl (C=O) groups excluding carboxylic acids is 2. The average Bonchev–Trinajstić information content (AvgIpc) is 2.53. The molecule has 0 aliphatic carbocycles. The third-order valence-corrected chi connectivity index (χ3v) is 5.20. The first-order valence-corrected chi connectivity index (χ1v) is 10.8. The molecule has 1 aliphatic heterocycles. The third-order valence-electron chi connectivity index (χ3n) is 4.60. The minimum atomic E-state index is -3.54. The maximum atomic E-state index is 13.1. The fourth-order valence-corrected chi connectivity index (χ4v) is 4.13. The predicted octanol–water partition coefficient (Wildman–Crippen LogP) is 2.12. The lowest BCUT2D eigenvalue weighted by molar-refractivity contribution is 0.0637. The molecule has 1 heterocycles. The molecule has 0 spiro atoms. The van der Waals surface area contributed by atoms with E-state index in [0.29, 0.717) is 24.1 Å². The lowest BCUT2D eigenvalue weighted by Crippen LogP contribution is -2.45. The van der Waals surface area contributed by atoms with Crippen LogP contribution < -0.4 is 10.5 Å². The SMILES string of the molecule is CCCC(CCC)N1CCc2c(C(N)=O)cc(NS(C)(=O)=O)cc2C1=O. The molecule has 0 bridgehead atoms. The molecule has 3 N–H and O–H groups in total. The number of nitrogens with zero attached hydrogens (tertiary/aromatic N) is 1. The zero-order valence-corrected chi connectivity index (χ0v) is 16.4. The summed E-state index contributed by atoms with van der Waals surface area (Å²) in [6.45, 7) is 4.71. The molecule has 0 saturated carbocycles. The van der Waals surface area contributed by atoms with Crippen molar-refractivity contribution in [2.45, 2.75) is 52.0 Å². The number of amides is 2. The Morgan fingerprint density at radius 1 is 1.27 bits per heavy atom. The number of sulfonamides is 1. The Labute approximate surface area is 155 Å². The molecule has 7 nitrogen and oxygen atoms in total. The summed E-state index contributed by atoms with van der Waals surface area (Å²) < 4.78 is 25.4. The van der Waals surface area contributed by atoms with Gasteiger partial charge in [0.1, 0.15) is 0 Å². The molecule has 26 heavy (non-hydrogen) atoms. The molecule has 1 aliphatic rings. The smallest absolute Gasteiger partial charge is 0.254 e. The van der Waals surface area contributed by atoms with Crippen LogP contribution >= 0.6 is 0 Å². The Hall–Kier alpha value is -2.09. The number of fused-ring (bicyclic) bond motifs is 1. The van der Waals surface area contributed by atoms with E-state index in [1.54, 1.807) is 0 Å². The number of anilines is 1. The van der Waals surface area contributed by atoms with Crippen LogP contribution in [0.5, 0.6) is 0 Å². The molecular weight excluding hydrogens is 354 g/mol. The van der Waals surface area contributed by atoms with Crippen molar-refractivity contribution >= 4 is 27.5 Å². The fraction of sp³-hybridized carbons (Fsp3) is 0.556. The molecule has 0 atom stereocenters. The number of nitrogens with one attached hydrogen (secondary N) is 1. The van der Waals surface area contributed by atoms with Gasteiger partial charge < -0.3 is 10.6 Å². The van der Waals surface area contributed by atoms with Crippen LogP contribution in [0.3, 0.4) is 0 Å². The van der Waals surface area contributed by atoms with Gasteiger partial charge in [-0.05, 0) is 37.0 Å². The van der Waals surface area contributed by atoms with Gasteiger partial charge in [-0.1, -0.05) is 26.7 Å². The highest BCUT2D eigenvalue weighted by Gasteiger charge is 2.32. The van der Waals surface area contributed by atoms with Crippen LogP contribution in [0, 0.1) is 0 Å². The van der Waals surface area contributed by atoms with E-state index in [4.69, 9.17) is 5.73 Å². The van der Waals surface area contributed by atoms with Crippen LogP contribution in [0.25, 0.3) is 0 Å². The van der Waals surface area contributed by atoms with Crippen LogP contribution in [0.2, 0.25) is 0 Å². The van der Waals surface area contributed by atoms with Crippen LogP contribution in [0.1, 0.15) is 65.8 Å². The number of primary amides is 1. The zero-order chi connectivity index (χ0) is 19.5. The normalized spacial score (nSPS) is 14.5. The highest BCUT2D eigenvalue weighted by atomic mass is 32.2. The quantitative estimate of drug-likeness (QED) is 0.719. The number of nitrogens with two attached hydrogens (primary N) is 1. The standard InChI is InChI=1S/C18H27N3O4S/c1-4-6-13(7-5-2)21-9-8-14-15(17(19)22)10-12(20-26(3,24)25)11-16(14)18(21)23/h10-11,13,20H,4-9H2,1-3H3,(H2,19,22). The summed E-state index contributed by atoms with van der Waals surface area (Å²) in [4.78, 5) is 26.8. The van der Waals surface area contributed by atoms with Crippen LogP contribution in [-0.4, -0.2) is 44.0 Å². The second-order valence-corrected chi connectivity index (χ2v) is 8.52. The van der Waals surface area contributed by atoms with Crippen molar-refractivity contribution in [2.75, 3.05) is 17.5 Å². The molecule has 0 aromatic heterocycles. The number of hydrogen-bond acceptors (Lipinski definition) is 4. The molecule has 1 aromatic carbocycles. The van der Waals surface area contributed by atoms with Crippen molar-refractivity contribution < 1.29 is 18.0 Å². The fourth-order valence-electron chi connectivity index (χ4n) is 3.58. The van der Waals surface area contributed by atoms with E-state index in [-0.39, 0.29) is 23.2 Å². The van der Waals surface area contributed by atoms with Crippen LogP contribution in [-0.2, 0) is 16.4 Å². The van der Waals surface area contributed by atoms with Crippen molar-refractivity contribution in [3.05, 3.63) is 28.8 Å². The molecule has 2 rings (SSSR count). The maximum Gasteiger partial charge on any atom is 0.254 e. The molecule has 0 fully saturated rings. The van der Waals surface area contributed by atoms with Gasteiger partial charge in [0.05, 0.1) is 11.9 Å². The van der Waals surface area contributed by atoms with E-state index in [0.717, 1.165) is 31.9 Å². The molecule has 144 valence electrons. The van der Waals surface area contributed by atoms with Gasteiger partial charge in [0, 0.05) is 23.7 Å². The van der Waals surface area contributed by atoms with Gasteiger partial charge in [0.15, 0.2) is 0 Å². The van der Waals surface area contributed by atoms with E-state index in [2.05, 4.69) is 18.6 Å². The van der Waals surface area contributed by atoms with Crippen molar-refractivity contribution in [1.29, 1.82) is 0 Å². The Morgan fingerprint density at radius 3 is 2.38 bits per heavy atom. The highest BCUT2D eigenvalue weighted by Crippen LogP contribution is 2.29. The van der Waals surface area contributed by atoms with Crippen molar-refractivity contribution in [1.82, 2.24) is 4.90 Å². The van der Waals surface area contributed by atoms with Crippen molar-refractivity contribution in [3.63, 3.8) is 0 Å². The lowest BCUT2D eigenvalue weighted by atomic mass is 9.91. The summed E-state index contributed by atoms with van der Waals surface area (Å²) in [5.41, 5.74) is 6.80. The Bertz CT molecular complexity index is 799. The number of carbonyl (C=O) groups is 2. The molecule has 0 radical (unpaired) electrons. The molecule has 0 unspecified atom stereocenters. The Balaban J connectivity index is 2.49. The van der Waals surface area contributed by atoms with E-state index in [9.17, 15) is 18.0 Å². The van der Waals surface area contributed by atoms with E-state index in [1.165, 1.54) is 12.1 Å². The molecular formula is C18H27N3O4S. The van der Waals surface area contributed by atoms with E-state index >= 15 is 0 Å². The van der Waals surface area contributed by atoms with Crippen LogP contribution in [0.15, 0.2) is 12.1 Å². The van der Waals surface area contributed by atoms with Gasteiger partial charge >= 0.3 is 0 Å². The predicted molar refractivity (Wildman–Crippen MR) is 102 cm³/mol. The first-order chi connectivity index (χ1) is 12.2. The Morgan fingerprint density at radius 2 is 1.88 bits per heavy atom. The first kappa shape index (κ1) is 20.2. The van der Waals surface area contributed by atoms with E-state index in [1.807, 2.05) is 4.90 Å². The molecule has 2 amide bonds. The molecule has 1 aromatic rings. The topological polar surface area (TPSA) is 110 Å². The summed E-state index contributed by atoms with van der Waals surface area (Å²) in [6, 6.07) is 3.06. The highest BCUT2D eigenvalue weighted by molar-refractivity contribution is 7.92. The zero-order valence-electron chi connectivity index (χ0n) is 15.5. The van der Waals surface area contributed by atoms with Gasteiger partial charge in [0.2, 0.25) is 15.9 Å². The molecule has 8 heteroatoms. The van der Waals surface area contributed by atoms with Crippen LogP contribution in [0.4, 0.5) is 5.69 Å². The second-order valence-electron chi connectivity index (χ2n) is 6.77. The number of rotatable bonds is 8. The summed E-state index contributed by atoms with van der Waals surface area (Å²) in [5.74, 6) is -0.837. The number of hydrogen-bond donors (Lipinski definition) is 2. The third kappa shape index (κ3) is 4.55. The summed E-state index contributed by atoms with van der Waals surface area (Å²) in [6.07, 6.45) is 5.33. The maximum absolute atomic E-state index is 13.1. The van der Waals surface area contributed by atoms with E-state index < -0.39 is 15.9 Å². The second kappa shape index (κ2) is 8.07. The lowest BCUT2D eigenvalue weighted by Gasteiger charge is -2.36. The van der Waals surface area contributed by atoms with Gasteiger partial charge in [-0.2, -0.15) is 0 Å². The number of benzene rings is 1.